The van der Waals surface area contributed by atoms with Crippen LogP contribution in [0.1, 0.15) is 31.2 Å². The molecule has 1 heterocycles. The van der Waals surface area contributed by atoms with Crippen LogP contribution in [0.25, 0.3) is 0 Å². The summed E-state index contributed by atoms with van der Waals surface area (Å²) in [5.41, 5.74) is 2.48. The highest BCUT2D eigenvalue weighted by atomic mass is 16.1. The zero-order chi connectivity index (χ0) is 9.26. The summed E-state index contributed by atoms with van der Waals surface area (Å²) in [7, 11) is 0. The van der Waals surface area contributed by atoms with E-state index in [1.807, 2.05) is 4.57 Å². The number of imidazole rings is 1. The number of fused-ring (bicyclic) bond motifs is 1. The molecule has 0 spiro atoms. The molecule has 0 N–H and O–H groups in total. The molecule has 1 aliphatic rings. The predicted octanol–water partition coefficient (Wildman–Crippen LogP) is 1.35. The molecule has 1 aliphatic carbocycles. The predicted molar refractivity (Wildman–Crippen MR) is 49.6 cm³/mol. The topological polar surface area (TPSA) is 34.9 Å². The number of ketones is 1. The second-order valence-corrected chi connectivity index (χ2v) is 3.67. The molecule has 0 unspecified atom stereocenters. The molecule has 2 rings (SSSR count). The first-order chi connectivity index (χ1) is 6.27. The van der Waals surface area contributed by atoms with Crippen molar-refractivity contribution >= 4 is 5.78 Å². The molecule has 0 radical (unpaired) electrons. The summed E-state index contributed by atoms with van der Waals surface area (Å²) in [4.78, 5) is 15.3. The van der Waals surface area contributed by atoms with Crippen molar-refractivity contribution in [3.8, 4) is 0 Å². The van der Waals surface area contributed by atoms with Gasteiger partial charge >= 0.3 is 0 Å². The van der Waals surface area contributed by atoms with Crippen LogP contribution in [0.15, 0.2) is 6.33 Å². The number of carbonyl (C=O) groups excluding carboxylic acids is 1. The number of carbonyl (C=O) groups is 1. The van der Waals surface area contributed by atoms with Crippen LogP contribution < -0.4 is 0 Å². The minimum atomic E-state index is 0.200. The monoisotopic (exact) mass is 178 g/mol. The van der Waals surface area contributed by atoms with Crippen LogP contribution in [0.3, 0.4) is 0 Å². The number of hydrogen-bond acceptors (Lipinski definition) is 2. The molecule has 0 aliphatic heterocycles. The van der Waals surface area contributed by atoms with Gasteiger partial charge < -0.3 is 4.57 Å². The third-order valence-electron chi connectivity index (χ3n) is 2.50. The molecule has 13 heavy (non-hydrogen) atoms. The summed E-state index contributed by atoms with van der Waals surface area (Å²) >= 11 is 0. The summed E-state index contributed by atoms with van der Waals surface area (Å²) in [5, 5.41) is 0. The zero-order valence-electron chi connectivity index (χ0n) is 7.92. The molecule has 0 fully saturated rings. The fourth-order valence-electron chi connectivity index (χ4n) is 1.91. The van der Waals surface area contributed by atoms with Gasteiger partial charge in [0.2, 0.25) is 0 Å². The van der Waals surface area contributed by atoms with Gasteiger partial charge in [0.25, 0.3) is 0 Å². The Balaban J connectivity index is 2.26. The van der Waals surface area contributed by atoms with Gasteiger partial charge in [0.05, 0.1) is 18.6 Å². The van der Waals surface area contributed by atoms with Gasteiger partial charge in [0, 0.05) is 5.69 Å². The number of Topliss-reactive ketones (excluding diaryl/α,β-unsaturated/α-hetero) is 1. The summed E-state index contributed by atoms with van der Waals surface area (Å²) in [5.74, 6) is 0.200. The Kier molecular flexibility index (Phi) is 2.17. The van der Waals surface area contributed by atoms with Gasteiger partial charge in [-0.15, -0.1) is 0 Å². The van der Waals surface area contributed by atoms with E-state index in [2.05, 4.69) is 4.98 Å². The number of rotatable bonds is 2. The molecule has 1 aromatic rings. The van der Waals surface area contributed by atoms with Gasteiger partial charge in [0.15, 0.2) is 0 Å². The lowest BCUT2D eigenvalue weighted by Crippen LogP contribution is -2.11. The van der Waals surface area contributed by atoms with E-state index in [4.69, 9.17) is 0 Å². The van der Waals surface area contributed by atoms with Crippen LogP contribution in [-0.4, -0.2) is 15.3 Å². The van der Waals surface area contributed by atoms with Crippen molar-refractivity contribution in [2.24, 2.45) is 0 Å². The Morgan fingerprint density at radius 3 is 3.08 bits per heavy atom. The van der Waals surface area contributed by atoms with Crippen molar-refractivity contribution in [2.75, 3.05) is 0 Å². The molecular weight excluding hydrogens is 164 g/mol. The molecule has 0 atom stereocenters. The van der Waals surface area contributed by atoms with E-state index >= 15 is 0 Å². The van der Waals surface area contributed by atoms with Gasteiger partial charge in [-0.1, -0.05) is 0 Å². The Morgan fingerprint density at radius 1 is 1.54 bits per heavy atom. The van der Waals surface area contributed by atoms with E-state index in [0.717, 1.165) is 12.8 Å². The molecule has 3 heteroatoms. The highest BCUT2D eigenvalue weighted by molar-refractivity contribution is 5.75. The number of hydrogen-bond donors (Lipinski definition) is 0. The molecule has 3 nitrogen and oxygen atoms in total. The minimum Gasteiger partial charge on any atom is -0.327 e. The SMILES string of the molecule is CC(=O)Cn1cnc2c1CCCC2. The van der Waals surface area contributed by atoms with Crippen molar-refractivity contribution in [1.29, 1.82) is 0 Å². The van der Waals surface area contributed by atoms with E-state index < -0.39 is 0 Å². The van der Waals surface area contributed by atoms with Crippen molar-refractivity contribution < 1.29 is 4.79 Å². The lowest BCUT2D eigenvalue weighted by molar-refractivity contribution is -0.117. The molecule has 0 saturated heterocycles. The Morgan fingerprint density at radius 2 is 2.31 bits per heavy atom. The highest BCUT2D eigenvalue weighted by Gasteiger charge is 2.15. The van der Waals surface area contributed by atoms with Crippen LogP contribution in [0, 0.1) is 0 Å². The van der Waals surface area contributed by atoms with Gasteiger partial charge in [-0.3, -0.25) is 4.79 Å². The largest absolute Gasteiger partial charge is 0.327 e. The molecular formula is C10H14N2O. The maximum atomic E-state index is 10.9. The third kappa shape index (κ3) is 1.64. The Hall–Kier alpha value is -1.12. The summed E-state index contributed by atoms with van der Waals surface area (Å²) in [6.45, 7) is 2.11. The van der Waals surface area contributed by atoms with Crippen molar-refractivity contribution in [1.82, 2.24) is 9.55 Å². The Labute approximate surface area is 77.8 Å². The normalized spacial score (nSPS) is 15.5. The first-order valence-electron chi connectivity index (χ1n) is 4.79. The first-order valence-corrected chi connectivity index (χ1v) is 4.79. The van der Waals surface area contributed by atoms with Crippen LogP contribution in [0.2, 0.25) is 0 Å². The fraction of sp³-hybridized carbons (Fsp3) is 0.600. The van der Waals surface area contributed by atoms with Crippen molar-refractivity contribution in [3.63, 3.8) is 0 Å². The van der Waals surface area contributed by atoms with Crippen molar-refractivity contribution in [3.05, 3.63) is 17.7 Å². The number of nitrogens with zero attached hydrogens (tertiary/aromatic N) is 2. The van der Waals surface area contributed by atoms with E-state index in [1.54, 1.807) is 13.3 Å². The average Bonchev–Trinajstić information content (AvgIpc) is 2.48. The standard InChI is InChI=1S/C10H14N2O/c1-8(13)6-12-7-11-9-4-2-3-5-10(9)12/h7H,2-6H2,1H3. The van der Waals surface area contributed by atoms with E-state index in [0.29, 0.717) is 6.54 Å². The minimum absolute atomic E-state index is 0.200. The van der Waals surface area contributed by atoms with Crippen LogP contribution in [0.4, 0.5) is 0 Å². The average molecular weight is 178 g/mol. The van der Waals surface area contributed by atoms with Gasteiger partial charge in [0.1, 0.15) is 5.78 Å². The smallest absolute Gasteiger partial charge is 0.149 e. The third-order valence-corrected chi connectivity index (χ3v) is 2.50. The quantitative estimate of drug-likeness (QED) is 0.685. The molecule has 70 valence electrons. The summed E-state index contributed by atoms with van der Waals surface area (Å²) < 4.78 is 2.00. The van der Waals surface area contributed by atoms with E-state index in [1.165, 1.54) is 24.2 Å². The van der Waals surface area contributed by atoms with E-state index in [9.17, 15) is 4.79 Å². The van der Waals surface area contributed by atoms with Crippen molar-refractivity contribution in [2.45, 2.75) is 39.2 Å². The lowest BCUT2D eigenvalue weighted by atomic mass is 10.0. The lowest BCUT2D eigenvalue weighted by Gasteiger charge is -2.12. The fourth-order valence-corrected chi connectivity index (χ4v) is 1.91. The maximum absolute atomic E-state index is 10.9. The van der Waals surface area contributed by atoms with Crippen LogP contribution in [0.5, 0.6) is 0 Å². The van der Waals surface area contributed by atoms with Gasteiger partial charge in [-0.2, -0.15) is 0 Å². The summed E-state index contributed by atoms with van der Waals surface area (Å²) in [6.07, 6.45) is 6.45. The van der Waals surface area contributed by atoms with E-state index in [-0.39, 0.29) is 5.78 Å². The zero-order valence-corrected chi connectivity index (χ0v) is 7.92. The van der Waals surface area contributed by atoms with Crippen LogP contribution >= 0.6 is 0 Å². The van der Waals surface area contributed by atoms with Gasteiger partial charge in [-0.05, 0) is 32.6 Å². The van der Waals surface area contributed by atoms with Crippen LogP contribution in [-0.2, 0) is 24.2 Å². The molecule has 0 aromatic carbocycles. The Bertz CT molecular complexity index is 328. The molecule has 0 amide bonds. The van der Waals surface area contributed by atoms with Gasteiger partial charge in [-0.25, -0.2) is 4.98 Å². The molecule has 0 saturated carbocycles. The first kappa shape index (κ1) is 8.48. The number of aromatic nitrogens is 2. The second kappa shape index (κ2) is 3.32. The second-order valence-electron chi connectivity index (χ2n) is 3.67. The summed E-state index contributed by atoms with van der Waals surface area (Å²) in [6, 6.07) is 0. The number of aryl methyl sites for hydroxylation is 1. The maximum Gasteiger partial charge on any atom is 0.149 e. The molecule has 1 aromatic heterocycles. The molecule has 0 bridgehead atoms. The highest BCUT2D eigenvalue weighted by Crippen LogP contribution is 2.19.